The van der Waals surface area contributed by atoms with Crippen molar-refractivity contribution in [2.45, 2.75) is 6.92 Å². The van der Waals surface area contributed by atoms with Crippen molar-refractivity contribution >= 4 is 17.5 Å². The molecule has 1 amide bonds. The normalized spacial score (nSPS) is 10.1. The summed E-state index contributed by atoms with van der Waals surface area (Å²) in [5.74, 6) is -1.04. The highest BCUT2D eigenvalue weighted by Crippen LogP contribution is 2.18. The van der Waals surface area contributed by atoms with Crippen LogP contribution in [0.4, 0.5) is 16.0 Å². The molecule has 92 valence electrons. The Balaban J connectivity index is 2.25. The Hall–Kier alpha value is -2.57. The van der Waals surface area contributed by atoms with Crippen molar-refractivity contribution in [1.82, 2.24) is 15.2 Å². The van der Waals surface area contributed by atoms with Crippen LogP contribution in [0.1, 0.15) is 15.9 Å². The highest BCUT2D eigenvalue weighted by Gasteiger charge is 2.12. The number of nitrogens with one attached hydrogen (secondary N) is 1. The van der Waals surface area contributed by atoms with E-state index in [-0.39, 0.29) is 17.2 Å². The molecule has 0 saturated carbocycles. The zero-order valence-corrected chi connectivity index (χ0v) is 9.51. The molecule has 0 saturated heterocycles. The molecule has 0 aliphatic rings. The van der Waals surface area contributed by atoms with E-state index in [2.05, 4.69) is 20.5 Å². The quantitative estimate of drug-likeness (QED) is 0.776. The van der Waals surface area contributed by atoms with E-state index in [9.17, 15) is 9.18 Å². The van der Waals surface area contributed by atoms with Crippen LogP contribution in [0.3, 0.4) is 0 Å². The number of halogens is 1. The molecule has 0 aliphatic heterocycles. The molecule has 0 radical (unpaired) electrons. The summed E-state index contributed by atoms with van der Waals surface area (Å²) in [7, 11) is 0. The van der Waals surface area contributed by atoms with Gasteiger partial charge in [-0.2, -0.15) is 5.10 Å². The van der Waals surface area contributed by atoms with Crippen molar-refractivity contribution in [2.24, 2.45) is 0 Å². The second-order valence-corrected chi connectivity index (χ2v) is 3.59. The number of aromatic nitrogens is 3. The summed E-state index contributed by atoms with van der Waals surface area (Å²) in [5.41, 5.74) is 6.21. The molecular weight excluding hydrogens is 237 g/mol. The summed E-state index contributed by atoms with van der Waals surface area (Å²) >= 11 is 0. The Morgan fingerprint density at radius 3 is 2.78 bits per heavy atom. The average Bonchev–Trinajstić information content (AvgIpc) is 2.36. The third-order valence-corrected chi connectivity index (χ3v) is 2.35. The lowest BCUT2D eigenvalue weighted by molar-refractivity contribution is 0.102. The molecule has 18 heavy (non-hydrogen) atoms. The fraction of sp³-hybridized carbons (Fsp3) is 0.0909. The zero-order valence-electron chi connectivity index (χ0n) is 9.51. The van der Waals surface area contributed by atoms with E-state index in [1.165, 1.54) is 25.4 Å². The summed E-state index contributed by atoms with van der Waals surface area (Å²) < 4.78 is 13.4. The van der Waals surface area contributed by atoms with Crippen molar-refractivity contribution in [3.8, 4) is 0 Å². The second-order valence-electron chi connectivity index (χ2n) is 3.59. The number of anilines is 2. The molecule has 2 rings (SSSR count). The van der Waals surface area contributed by atoms with Gasteiger partial charge in [-0.1, -0.05) is 0 Å². The number of nitrogens with two attached hydrogens (primary N) is 1. The standard InChI is InChI=1S/C11H10FN5O/c1-6-8(12)4-7(5-9(6)13)10(18)16-11-14-2-3-15-17-11/h2-5H,13H2,1H3,(H,14,16,17,18). The topological polar surface area (TPSA) is 93.8 Å². The SMILES string of the molecule is Cc1c(N)cc(C(=O)Nc2nccnn2)cc1F. The highest BCUT2D eigenvalue weighted by molar-refractivity contribution is 6.03. The van der Waals surface area contributed by atoms with E-state index in [0.29, 0.717) is 5.56 Å². The molecule has 0 bridgehead atoms. The Kier molecular flexibility index (Phi) is 3.13. The van der Waals surface area contributed by atoms with Crippen molar-refractivity contribution in [2.75, 3.05) is 11.1 Å². The first-order chi connectivity index (χ1) is 8.58. The van der Waals surface area contributed by atoms with Gasteiger partial charge in [-0.3, -0.25) is 10.1 Å². The molecule has 0 spiro atoms. The molecule has 3 N–H and O–H groups in total. The molecule has 6 nitrogen and oxygen atoms in total. The summed E-state index contributed by atoms with van der Waals surface area (Å²) in [4.78, 5) is 15.6. The van der Waals surface area contributed by atoms with Crippen LogP contribution in [0.25, 0.3) is 0 Å². The fourth-order valence-electron chi connectivity index (χ4n) is 1.31. The number of nitrogen functional groups attached to an aromatic ring is 1. The van der Waals surface area contributed by atoms with Crippen LogP contribution in [0, 0.1) is 12.7 Å². The lowest BCUT2D eigenvalue weighted by Crippen LogP contribution is -2.15. The van der Waals surface area contributed by atoms with Gasteiger partial charge >= 0.3 is 0 Å². The van der Waals surface area contributed by atoms with Gasteiger partial charge in [-0.05, 0) is 19.1 Å². The van der Waals surface area contributed by atoms with Gasteiger partial charge in [0.15, 0.2) is 0 Å². The van der Waals surface area contributed by atoms with Crippen molar-refractivity contribution in [3.63, 3.8) is 0 Å². The van der Waals surface area contributed by atoms with E-state index < -0.39 is 11.7 Å². The first-order valence-corrected chi connectivity index (χ1v) is 5.08. The zero-order chi connectivity index (χ0) is 13.1. The monoisotopic (exact) mass is 247 g/mol. The van der Waals surface area contributed by atoms with Gasteiger partial charge < -0.3 is 5.73 Å². The summed E-state index contributed by atoms with van der Waals surface area (Å²) in [6.45, 7) is 1.54. The van der Waals surface area contributed by atoms with Gasteiger partial charge in [-0.25, -0.2) is 9.37 Å². The minimum Gasteiger partial charge on any atom is -0.398 e. The summed E-state index contributed by atoms with van der Waals surface area (Å²) in [5, 5.41) is 9.53. The maximum absolute atomic E-state index is 13.4. The van der Waals surface area contributed by atoms with Crippen LogP contribution in [0.5, 0.6) is 0 Å². The minimum atomic E-state index is -0.548. The fourth-order valence-corrected chi connectivity index (χ4v) is 1.31. The Morgan fingerprint density at radius 2 is 2.17 bits per heavy atom. The maximum Gasteiger partial charge on any atom is 0.258 e. The highest BCUT2D eigenvalue weighted by atomic mass is 19.1. The lowest BCUT2D eigenvalue weighted by atomic mass is 10.1. The van der Waals surface area contributed by atoms with E-state index in [0.717, 1.165) is 6.07 Å². The third kappa shape index (κ3) is 2.40. The average molecular weight is 247 g/mol. The van der Waals surface area contributed by atoms with Crippen LogP contribution < -0.4 is 11.1 Å². The number of hydrogen-bond donors (Lipinski definition) is 2. The molecule has 7 heteroatoms. The van der Waals surface area contributed by atoms with E-state index in [1.54, 1.807) is 0 Å². The first kappa shape index (κ1) is 11.9. The van der Waals surface area contributed by atoms with Crippen LogP contribution in [0.2, 0.25) is 0 Å². The largest absolute Gasteiger partial charge is 0.398 e. The summed E-state index contributed by atoms with van der Waals surface area (Å²) in [6.07, 6.45) is 2.76. The molecule has 0 unspecified atom stereocenters. The van der Waals surface area contributed by atoms with Gasteiger partial charge in [0.2, 0.25) is 5.95 Å². The van der Waals surface area contributed by atoms with Gasteiger partial charge in [0.05, 0.1) is 12.4 Å². The molecule has 0 aliphatic carbocycles. The van der Waals surface area contributed by atoms with Crippen LogP contribution in [-0.2, 0) is 0 Å². The van der Waals surface area contributed by atoms with E-state index in [1.807, 2.05) is 0 Å². The molecule has 2 aromatic rings. The predicted octanol–water partition coefficient (Wildman–Crippen LogP) is 1.15. The van der Waals surface area contributed by atoms with Crippen LogP contribution >= 0.6 is 0 Å². The van der Waals surface area contributed by atoms with Gasteiger partial charge in [0.25, 0.3) is 5.91 Å². The number of carbonyl (C=O) groups is 1. The van der Waals surface area contributed by atoms with Crippen molar-refractivity contribution < 1.29 is 9.18 Å². The van der Waals surface area contributed by atoms with Crippen LogP contribution in [0.15, 0.2) is 24.5 Å². The molecule has 1 aromatic carbocycles. The number of carbonyl (C=O) groups excluding carboxylic acids is 1. The van der Waals surface area contributed by atoms with E-state index in [4.69, 9.17) is 5.73 Å². The van der Waals surface area contributed by atoms with Gasteiger partial charge in [0.1, 0.15) is 5.82 Å². The minimum absolute atomic E-state index is 0.0436. The van der Waals surface area contributed by atoms with Crippen molar-refractivity contribution in [1.29, 1.82) is 0 Å². The molecule has 1 aromatic heterocycles. The third-order valence-electron chi connectivity index (χ3n) is 2.35. The first-order valence-electron chi connectivity index (χ1n) is 5.08. The smallest absolute Gasteiger partial charge is 0.258 e. The van der Waals surface area contributed by atoms with Gasteiger partial charge in [-0.15, -0.1) is 5.10 Å². The van der Waals surface area contributed by atoms with Gasteiger partial charge in [0, 0.05) is 16.8 Å². The Labute approximate surface area is 102 Å². The number of benzene rings is 1. The molecule has 0 fully saturated rings. The molecule has 0 atom stereocenters. The Morgan fingerprint density at radius 1 is 1.39 bits per heavy atom. The number of hydrogen-bond acceptors (Lipinski definition) is 5. The van der Waals surface area contributed by atoms with Crippen LogP contribution in [-0.4, -0.2) is 21.1 Å². The second kappa shape index (κ2) is 4.74. The predicted molar refractivity (Wildman–Crippen MR) is 63.3 cm³/mol. The lowest BCUT2D eigenvalue weighted by Gasteiger charge is -2.06. The maximum atomic E-state index is 13.4. The number of nitrogens with zero attached hydrogens (tertiary/aromatic N) is 3. The van der Waals surface area contributed by atoms with E-state index >= 15 is 0 Å². The number of amides is 1. The summed E-state index contributed by atoms with van der Waals surface area (Å²) in [6, 6.07) is 2.50. The van der Waals surface area contributed by atoms with Crippen molar-refractivity contribution in [3.05, 3.63) is 41.5 Å². The number of rotatable bonds is 2. The molecule has 1 heterocycles. The Bertz CT molecular complexity index is 564. The molecular formula is C11H10FN5O.